The van der Waals surface area contributed by atoms with Gasteiger partial charge in [-0.25, -0.2) is 4.68 Å². The zero-order valence-electron chi connectivity index (χ0n) is 15.4. The van der Waals surface area contributed by atoms with Crippen molar-refractivity contribution in [2.24, 2.45) is 13.0 Å². The fourth-order valence-electron chi connectivity index (χ4n) is 3.09. The van der Waals surface area contributed by atoms with Crippen molar-refractivity contribution in [1.29, 1.82) is 0 Å². The molecule has 1 saturated heterocycles. The molecular weight excluding hydrogens is 316 g/mol. The van der Waals surface area contributed by atoms with Crippen molar-refractivity contribution in [3.8, 4) is 0 Å². The molecular formula is C19H26N4O2. The van der Waals surface area contributed by atoms with Crippen molar-refractivity contribution >= 4 is 0 Å². The predicted molar refractivity (Wildman–Crippen MR) is 97.6 cm³/mol. The van der Waals surface area contributed by atoms with Crippen LogP contribution in [0.25, 0.3) is 0 Å². The van der Waals surface area contributed by atoms with Gasteiger partial charge in [-0.3, -0.25) is 14.5 Å². The Kier molecular flexibility index (Phi) is 4.64. The number of rotatable bonds is 4. The number of hydrogen-bond acceptors (Lipinski definition) is 4. The summed E-state index contributed by atoms with van der Waals surface area (Å²) in [5, 5.41) is 4.54. The van der Waals surface area contributed by atoms with E-state index in [0.717, 1.165) is 30.9 Å². The Bertz CT molecular complexity index is 870. The second kappa shape index (κ2) is 6.59. The number of aromatic nitrogens is 3. The van der Waals surface area contributed by atoms with Gasteiger partial charge in [0.2, 0.25) is 0 Å². The van der Waals surface area contributed by atoms with Crippen LogP contribution in [-0.4, -0.2) is 32.3 Å². The molecule has 1 fully saturated rings. The number of hydrogen-bond donors (Lipinski definition) is 0. The van der Waals surface area contributed by atoms with Gasteiger partial charge in [-0.15, -0.1) is 0 Å². The summed E-state index contributed by atoms with van der Waals surface area (Å²) in [5.41, 5.74) is 1.87. The average Bonchev–Trinajstić information content (AvgIpc) is 2.49. The number of aryl methyl sites for hydroxylation is 1. The summed E-state index contributed by atoms with van der Waals surface area (Å²) in [6.45, 7) is 9.55. The highest BCUT2D eigenvalue weighted by Gasteiger charge is 2.28. The van der Waals surface area contributed by atoms with Gasteiger partial charge in [0, 0.05) is 56.3 Å². The van der Waals surface area contributed by atoms with E-state index in [1.165, 1.54) is 0 Å². The van der Waals surface area contributed by atoms with Crippen molar-refractivity contribution in [1.82, 2.24) is 19.2 Å². The van der Waals surface area contributed by atoms with E-state index in [0.29, 0.717) is 12.5 Å². The molecule has 0 atom stereocenters. The third-order valence-electron chi connectivity index (χ3n) is 4.67. The molecule has 0 aliphatic carbocycles. The predicted octanol–water partition coefficient (Wildman–Crippen LogP) is 1.37. The van der Waals surface area contributed by atoms with Crippen molar-refractivity contribution in [2.45, 2.75) is 39.3 Å². The lowest BCUT2D eigenvalue weighted by atomic mass is 9.92. The van der Waals surface area contributed by atoms with E-state index in [9.17, 15) is 9.59 Å². The molecule has 25 heavy (non-hydrogen) atoms. The van der Waals surface area contributed by atoms with E-state index < -0.39 is 0 Å². The largest absolute Gasteiger partial charge is 0.319 e. The molecule has 0 radical (unpaired) electrons. The molecule has 3 heterocycles. The van der Waals surface area contributed by atoms with Crippen LogP contribution in [0.5, 0.6) is 0 Å². The van der Waals surface area contributed by atoms with Crippen LogP contribution in [0.3, 0.4) is 0 Å². The minimum absolute atomic E-state index is 0.0179. The molecule has 0 bridgehead atoms. The highest BCUT2D eigenvalue weighted by molar-refractivity contribution is 5.12. The lowest BCUT2D eigenvalue weighted by Gasteiger charge is -2.39. The summed E-state index contributed by atoms with van der Waals surface area (Å²) >= 11 is 0. The fraction of sp³-hybridized carbons (Fsp3) is 0.526. The van der Waals surface area contributed by atoms with Crippen molar-refractivity contribution < 1.29 is 0 Å². The van der Waals surface area contributed by atoms with Gasteiger partial charge in [0.1, 0.15) is 0 Å². The van der Waals surface area contributed by atoms with Crippen LogP contribution in [0.1, 0.15) is 32.0 Å². The first-order valence-electron chi connectivity index (χ1n) is 8.69. The molecule has 1 aliphatic rings. The van der Waals surface area contributed by atoms with Crippen LogP contribution >= 0.6 is 0 Å². The summed E-state index contributed by atoms with van der Waals surface area (Å²) in [4.78, 5) is 26.0. The summed E-state index contributed by atoms with van der Waals surface area (Å²) in [6, 6.07) is 7.10. The van der Waals surface area contributed by atoms with Crippen molar-refractivity contribution in [3.63, 3.8) is 0 Å². The molecule has 2 aromatic rings. The van der Waals surface area contributed by atoms with Gasteiger partial charge in [-0.1, -0.05) is 20.8 Å². The van der Waals surface area contributed by atoms with Crippen molar-refractivity contribution in [3.05, 3.63) is 62.4 Å². The summed E-state index contributed by atoms with van der Waals surface area (Å²) in [5.74, 6) is 0.423. The van der Waals surface area contributed by atoms with E-state index in [4.69, 9.17) is 0 Å². The maximum atomic E-state index is 12.1. The van der Waals surface area contributed by atoms with Crippen LogP contribution in [0.2, 0.25) is 0 Å². The molecule has 0 amide bonds. The van der Waals surface area contributed by atoms with E-state index in [-0.39, 0.29) is 16.5 Å². The molecule has 1 aliphatic heterocycles. The highest BCUT2D eigenvalue weighted by atomic mass is 16.1. The summed E-state index contributed by atoms with van der Waals surface area (Å²) in [7, 11) is 1.75. The number of pyridine rings is 1. The fourth-order valence-corrected chi connectivity index (χ4v) is 3.09. The minimum atomic E-state index is -0.0689. The molecule has 0 saturated carbocycles. The van der Waals surface area contributed by atoms with Crippen LogP contribution in [-0.2, 0) is 25.6 Å². The Balaban J connectivity index is 1.59. The van der Waals surface area contributed by atoms with Gasteiger partial charge in [0.05, 0.1) is 12.2 Å². The van der Waals surface area contributed by atoms with Gasteiger partial charge < -0.3 is 4.57 Å². The van der Waals surface area contributed by atoms with Gasteiger partial charge in [-0.2, -0.15) is 5.10 Å². The maximum absolute atomic E-state index is 12.1. The Hall–Kier alpha value is -2.21. The first-order chi connectivity index (χ1) is 11.7. The zero-order chi connectivity index (χ0) is 18.2. The lowest BCUT2D eigenvalue weighted by Crippen LogP contribution is -2.49. The minimum Gasteiger partial charge on any atom is -0.319 e. The molecule has 0 aromatic carbocycles. The van der Waals surface area contributed by atoms with E-state index >= 15 is 0 Å². The van der Waals surface area contributed by atoms with Gasteiger partial charge in [0.25, 0.3) is 11.1 Å². The Labute approximate surface area is 147 Å². The quantitative estimate of drug-likeness (QED) is 0.842. The normalized spacial score (nSPS) is 16.0. The van der Waals surface area contributed by atoms with Crippen molar-refractivity contribution in [2.75, 3.05) is 13.1 Å². The van der Waals surface area contributed by atoms with E-state index in [2.05, 4.69) is 30.8 Å². The molecule has 2 aromatic heterocycles. The number of nitrogens with zero attached hydrogens (tertiary/aromatic N) is 4. The molecule has 134 valence electrons. The zero-order valence-corrected chi connectivity index (χ0v) is 15.4. The van der Waals surface area contributed by atoms with Gasteiger partial charge >= 0.3 is 0 Å². The van der Waals surface area contributed by atoms with E-state index in [1.54, 1.807) is 34.6 Å². The maximum Gasteiger partial charge on any atom is 0.266 e. The third-order valence-corrected chi connectivity index (χ3v) is 4.67. The highest BCUT2D eigenvalue weighted by Crippen LogP contribution is 2.21. The first kappa shape index (κ1) is 17.6. The topological polar surface area (TPSA) is 60.1 Å². The molecule has 0 N–H and O–H groups in total. The molecule has 0 unspecified atom stereocenters. The standard InChI is InChI=1S/C19H26N4O2/c1-19(2,3)16-5-6-17(24)23(20-16)13-15-11-22(12-15)10-14-7-8-21(4)18(25)9-14/h5-9,15H,10-13H2,1-4H3. The smallest absolute Gasteiger partial charge is 0.266 e. The Morgan fingerprint density at radius 1 is 1.12 bits per heavy atom. The van der Waals surface area contributed by atoms with Crippen LogP contribution < -0.4 is 11.1 Å². The summed E-state index contributed by atoms with van der Waals surface area (Å²) < 4.78 is 3.17. The number of likely N-dealkylation sites (tertiary alicyclic amines) is 1. The second-order valence-electron chi connectivity index (χ2n) is 8.03. The Morgan fingerprint density at radius 2 is 1.84 bits per heavy atom. The monoisotopic (exact) mass is 342 g/mol. The first-order valence-corrected chi connectivity index (χ1v) is 8.69. The average molecular weight is 342 g/mol. The summed E-state index contributed by atoms with van der Waals surface area (Å²) in [6.07, 6.45) is 1.80. The van der Waals surface area contributed by atoms with E-state index in [1.807, 2.05) is 12.1 Å². The third kappa shape index (κ3) is 4.07. The SMILES string of the molecule is Cn1ccc(CN2CC(Cn3nc(C(C)(C)C)ccc3=O)C2)cc1=O. The van der Waals surface area contributed by atoms with Gasteiger partial charge in [-0.05, 0) is 17.7 Å². The molecule has 3 rings (SSSR count). The van der Waals surface area contributed by atoms with Crippen LogP contribution in [0, 0.1) is 5.92 Å². The molecule has 6 heteroatoms. The lowest BCUT2D eigenvalue weighted by molar-refractivity contribution is 0.0763. The van der Waals surface area contributed by atoms with Gasteiger partial charge in [0.15, 0.2) is 0 Å². The second-order valence-corrected chi connectivity index (χ2v) is 8.03. The van der Waals surface area contributed by atoms with Crippen LogP contribution in [0.4, 0.5) is 0 Å². The van der Waals surface area contributed by atoms with Crippen LogP contribution in [0.15, 0.2) is 40.1 Å². The molecule has 6 nitrogen and oxygen atoms in total. The Morgan fingerprint density at radius 3 is 2.48 bits per heavy atom. The molecule has 0 spiro atoms.